The molecule has 0 aromatic carbocycles. The van der Waals surface area contributed by atoms with Gasteiger partial charge in [-0.1, -0.05) is 6.42 Å². The third-order valence-corrected chi connectivity index (χ3v) is 5.02. The summed E-state index contributed by atoms with van der Waals surface area (Å²) >= 11 is 0. The summed E-state index contributed by atoms with van der Waals surface area (Å²) in [5.74, 6) is 0.408. The van der Waals surface area contributed by atoms with Crippen LogP contribution < -0.4 is 0 Å². The maximum Gasteiger partial charge on any atom is 0.255 e. The lowest BCUT2D eigenvalue weighted by Crippen LogP contribution is -2.49. The number of nitrogens with one attached hydrogen (secondary N) is 1. The van der Waals surface area contributed by atoms with Gasteiger partial charge in [0.2, 0.25) is 0 Å². The Hall–Kier alpha value is -1.29. The first kappa shape index (κ1) is 13.7. The van der Waals surface area contributed by atoms with Crippen molar-refractivity contribution in [1.29, 1.82) is 0 Å². The van der Waals surface area contributed by atoms with Gasteiger partial charge in [0.05, 0.1) is 11.7 Å². The standard InChI is InChI=1S/C16H24N2O2/c1-11-9-17-10-13(11)16(20)18-8-3-2-6-14(18)12-5-4-7-15(12)19/h9-10,12,14-15,17,19H,2-8H2,1H3. The molecule has 4 nitrogen and oxygen atoms in total. The number of H-pyrrole nitrogens is 1. The van der Waals surface area contributed by atoms with Crippen molar-refractivity contribution in [2.24, 2.45) is 5.92 Å². The molecule has 2 heterocycles. The summed E-state index contributed by atoms with van der Waals surface area (Å²) in [5, 5.41) is 10.2. The Labute approximate surface area is 120 Å². The SMILES string of the molecule is Cc1c[nH]cc1C(=O)N1CCCCC1C1CCCC1O. The molecule has 2 N–H and O–H groups in total. The second-order valence-electron chi connectivity index (χ2n) is 6.28. The summed E-state index contributed by atoms with van der Waals surface area (Å²) in [6, 6.07) is 0.225. The Balaban J connectivity index is 1.82. The lowest BCUT2D eigenvalue weighted by atomic mass is 9.87. The first-order valence-electron chi connectivity index (χ1n) is 7.81. The molecule has 20 heavy (non-hydrogen) atoms. The summed E-state index contributed by atoms with van der Waals surface area (Å²) in [4.78, 5) is 17.8. The number of likely N-dealkylation sites (tertiary alicyclic amines) is 1. The van der Waals surface area contributed by atoms with Gasteiger partial charge in [-0.25, -0.2) is 0 Å². The van der Waals surface area contributed by atoms with Crippen LogP contribution in [0.1, 0.15) is 54.4 Å². The predicted octanol–water partition coefficient (Wildman–Crippen LogP) is 2.48. The van der Waals surface area contributed by atoms with Crippen molar-refractivity contribution in [2.75, 3.05) is 6.54 Å². The van der Waals surface area contributed by atoms with Crippen LogP contribution in [-0.4, -0.2) is 39.6 Å². The van der Waals surface area contributed by atoms with E-state index in [2.05, 4.69) is 4.98 Å². The first-order chi connectivity index (χ1) is 9.68. The van der Waals surface area contributed by atoms with Gasteiger partial charge >= 0.3 is 0 Å². The number of rotatable bonds is 2. The zero-order valence-corrected chi connectivity index (χ0v) is 12.1. The molecule has 0 spiro atoms. The first-order valence-corrected chi connectivity index (χ1v) is 7.81. The van der Waals surface area contributed by atoms with E-state index in [9.17, 15) is 9.90 Å². The third kappa shape index (κ3) is 2.37. The maximum atomic E-state index is 12.8. The Bertz CT molecular complexity index is 483. The van der Waals surface area contributed by atoms with Crippen LogP contribution in [0.3, 0.4) is 0 Å². The van der Waals surface area contributed by atoms with Crippen molar-refractivity contribution in [2.45, 2.75) is 57.6 Å². The average Bonchev–Trinajstić information content (AvgIpc) is 3.06. The Morgan fingerprint density at radius 3 is 2.75 bits per heavy atom. The Kier molecular flexibility index (Phi) is 3.83. The zero-order valence-electron chi connectivity index (χ0n) is 12.1. The smallest absolute Gasteiger partial charge is 0.255 e. The van der Waals surface area contributed by atoms with E-state index in [4.69, 9.17) is 0 Å². The maximum absolute atomic E-state index is 12.8. The van der Waals surface area contributed by atoms with Crippen molar-refractivity contribution >= 4 is 5.91 Å². The van der Waals surface area contributed by atoms with Crippen molar-refractivity contribution < 1.29 is 9.90 Å². The van der Waals surface area contributed by atoms with E-state index in [1.807, 2.05) is 18.0 Å². The molecule has 0 bridgehead atoms. The molecule has 2 aliphatic rings. The number of carbonyl (C=O) groups is 1. The largest absolute Gasteiger partial charge is 0.393 e. The van der Waals surface area contributed by atoms with Crippen molar-refractivity contribution in [3.63, 3.8) is 0 Å². The second kappa shape index (κ2) is 5.60. The monoisotopic (exact) mass is 276 g/mol. The number of aliphatic hydroxyl groups excluding tert-OH is 1. The fraction of sp³-hybridized carbons (Fsp3) is 0.688. The van der Waals surface area contributed by atoms with E-state index in [1.54, 1.807) is 6.20 Å². The third-order valence-electron chi connectivity index (χ3n) is 5.02. The number of hydrogen-bond acceptors (Lipinski definition) is 2. The minimum atomic E-state index is -0.222. The van der Waals surface area contributed by atoms with Crippen LogP contribution in [0.4, 0.5) is 0 Å². The van der Waals surface area contributed by atoms with Crippen LogP contribution in [-0.2, 0) is 0 Å². The fourth-order valence-corrected chi connectivity index (χ4v) is 3.90. The molecule has 0 radical (unpaired) electrons. The summed E-state index contributed by atoms with van der Waals surface area (Å²) in [6.45, 7) is 2.80. The zero-order chi connectivity index (χ0) is 14.1. The molecule has 1 aromatic rings. The number of carbonyl (C=O) groups excluding carboxylic acids is 1. The highest BCUT2D eigenvalue weighted by Crippen LogP contribution is 2.35. The van der Waals surface area contributed by atoms with Crippen molar-refractivity contribution in [3.05, 3.63) is 23.5 Å². The molecular formula is C16H24N2O2. The van der Waals surface area contributed by atoms with Crippen LogP contribution in [0.25, 0.3) is 0 Å². The van der Waals surface area contributed by atoms with Gasteiger partial charge in [0, 0.05) is 30.9 Å². The number of hydrogen-bond donors (Lipinski definition) is 2. The van der Waals surface area contributed by atoms with Gasteiger partial charge < -0.3 is 15.0 Å². The van der Waals surface area contributed by atoms with Crippen molar-refractivity contribution in [1.82, 2.24) is 9.88 Å². The molecule has 1 amide bonds. The van der Waals surface area contributed by atoms with Crippen molar-refractivity contribution in [3.8, 4) is 0 Å². The number of aliphatic hydroxyl groups is 1. The molecule has 4 heteroatoms. The van der Waals surface area contributed by atoms with Gasteiger partial charge in [-0.15, -0.1) is 0 Å². The molecule has 3 unspecified atom stereocenters. The molecule has 3 rings (SSSR count). The minimum Gasteiger partial charge on any atom is -0.393 e. The summed E-state index contributed by atoms with van der Waals surface area (Å²) in [6.07, 6.45) is 9.78. The number of amides is 1. The van der Waals surface area contributed by atoms with Gasteiger partial charge in [-0.3, -0.25) is 4.79 Å². The van der Waals surface area contributed by atoms with E-state index in [0.29, 0.717) is 0 Å². The van der Waals surface area contributed by atoms with Crippen LogP contribution in [0.15, 0.2) is 12.4 Å². The quantitative estimate of drug-likeness (QED) is 0.872. The fourth-order valence-electron chi connectivity index (χ4n) is 3.90. The summed E-state index contributed by atoms with van der Waals surface area (Å²) < 4.78 is 0. The van der Waals surface area contributed by atoms with Crippen LogP contribution in [0.5, 0.6) is 0 Å². The number of piperidine rings is 1. The van der Waals surface area contributed by atoms with Gasteiger partial charge in [0.25, 0.3) is 5.91 Å². The summed E-state index contributed by atoms with van der Waals surface area (Å²) in [5.41, 5.74) is 1.79. The van der Waals surface area contributed by atoms with E-state index in [-0.39, 0.29) is 24.0 Å². The van der Waals surface area contributed by atoms with Gasteiger partial charge in [-0.2, -0.15) is 0 Å². The molecule has 1 saturated carbocycles. The highest BCUT2D eigenvalue weighted by Gasteiger charge is 2.39. The topological polar surface area (TPSA) is 56.3 Å². The van der Waals surface area contributed by atoms with Crippen LogP contribution in [0, 0.1) is 12.8 Å². The van der Waals surface area contributed by atoms with Crippen LogP contribution in [0.2, 0.25) is 0 Å². The predicted molar refractivity (Wildman–Crippen MR) is 77.6 cm³/mol. The number of aryl methyl sites for hydroxylation is 1. The van der Waals surface area contributed by atoms with E-state index in [1.165, 1.54) is 6.42 Å². The number of aromatic amines is 1. The molecule has 3 atom stereocenters. The number of aromatic nitrogens is 1. The Morgan fingerprint density at radius 1 is 1.25 bits per heavy atom. The minimum absolute atomic E-state index is 0.132. The Morgan fingerprint density at radius 2 is 2.10 bits per heavy atom. The lowest BCUT2D eigenvalue weighted by Gasteiger charge is -2.40. The van der Waals surface area contributed by atoms with Gasteiger partial charge in [-0.05, 0) is 44.6 Å². The van der Waals surface area contributed by atoms with Gasteiger partial charge in [0.15, 0.2) is 0 Å². The molecule has 1 aliphatic carbocycles. The highest BCUT2D eigenvalue weighted by molar-refractivity contribution is 5.95. The molecule has 1 aromatic heterocycles. The average molecular weight is 276 g/mol. The highest BCUT2D eigenvalue weighted by atomic mass is 16.3. The second-order valence-corrected chi connectivity index (χ2v) is 6.28. The van der Waals surface area contributed by atoms with E-state index >= 15 is 0 Å². The summed E-state index contributed by atoms with van der Waals surface area (Å²) in [7, 11) is 0. The molecule has 110 valence electrons. The molecule has 1 aliphatic heterocycles. The van der Waals surface area contributed by atoms with Gasteiger partial charge in [0.1, 0.15) is 0 Å². The molecule has 2 fully saturated rings. The van der Waals surface area contributed by atoms with E-state index < -0.39 is 0 Å². The van der Waals surface area contributed by atoms with Crippen LogP contribution >= 0.6 is 0 Å². The number of nitrogens with zero attached hydrogens (tertiary/aromatic N) is 1. The van der Waals surface area contributed by atoms with E-state index in [0.717, 1.165) is 49.8 Å². The molecular weight excluding hydrogens is 252 g/mol. The molecule has 1 saturated heterocycles. The lowest BCUT2D eigenvalue weighted by molar-refractivity contribution is 0.0287. The normalized spacial score (nSPS) is 30.7.